The van der Waals surface area contributed by atoms with Gasteiger partial charge in [-0.2, -0.15) is 0 Å². The first-order valence-electron chi connectivity index (χ1n) is 5.08. The van der Waals surface area contributed by atoms with Crippen molar-refractivity contribution in [2.24, 2.45) is 0 Å². The molecule has 0 radical (unpaired) electrons. The van der Waals surface area contributed by atoms with Crippen LogP contribution < -0.4 is 4.57 Å². The Kier molecular flexibility index (Phi) is 4.62. The summed E-state index contributed by atoms with van der Waals surface area (Å²) in [5.74, 6) is 0. The topological polar surface area (TPSA) is 18.0 Å². The number of hydrogen-bond acceptors (Lipinski definition) is 1. The maximum absolute atomic E-state index is 5.44. The summed E-state index contributed by atoms with van der Waals surface area (Å²) in [5.41, 5.74) is 0. The Labute approximate surface area is 88.0 Å². The third-order valence-electron chi connectivity index (χ3n) is 2.23. The van der Waals surface area contributed by atoms with Crippen molar-refractivity contribution in [1.29, 1.82) is 0 Å². The molecule has 0 aliphatic heterocycles. The van der Waals surface area contributed by atoms with E-state index >= 15 is 0 Å². The van der Waals surface area contributed by atoms with Crippen molar-refractivity contribution in [3.05, 3.63) is 31.4 Å². The summed E-state index contributed by atoms with van der Waals surface area (Å²) in [5, 5.41) is 0. The molecule has 0 spiro atoms. The van der Waals surface area contributed by atoms with Gasteiger partial charge in [0.25, 0.3) is 0 Å². The highest BCUT2D eigenvalue weighted by molar-refractivity contribution is 6.24. The van der Waals surface area contributed by atoms with E-state index in [0.717, 1.165) is 13.0 Å². The Balaban J connectivity index is 2.61. The van der Waals surface area contributed by atoms with Gasteiger partial charge in [-0.05, 0) is 19.4 Å². The van der Waals surface area contributed by atoms with Gasteiger partial charge in [-0.25, -0.2) is 4.57 Å². The van der Waals surface area contributed by atoms with E-state index in [2.05, 4.69) is 41.0 Å². The molecule has 78 valence electrons. The zero-order valence-electron chi connectivity index (χ0n) is 9.02. The predicted molar refractivity (Wildman–Crippen MR) is 59.7 cm³/mol. The summed E-state index contributed by atoms with van der Waals surface area (Å²) in [7, 11) is -0.576. The van der Waals surface area contributed by atoms with E-state index < -0.39 is 9.92 Å². The number of hydrogen-bond donors (Lipinski definition) is 0. The number of rotatable bonds is 6. The second-order valence-corrected chi connectivity index (χ2v) is 4.60. The van der Waals surface area contributed by atoms with Crippen molar-refractivity contribution in [2.75, 3.05) is 6.61 Å². The van der Waals surface area contributed by atoms with E-state index in [1.54, 1.807) is 0 Å². The van der Waals surface area contributed by atoms with Crippen molar-refractivity contribution in [3.63, 3.8) is 0 Å². The van der Waals surface area contributed by atoms with Crippen LogP contribution in [0.15, 0.2) is 31.4 Å². The van der Waals surface area contributed by atoms with Crippen molar-refractivity contribution in [1.82, 2.24) is 4.23 Å². The van der Waals surface area contributed by atoms with E-state index in [4.69, 9.17) is 4.43 Å². The number of aromatic nitrogens is 2. The summed E-state index contributed by atoms with van der Waals surface area (Å²) in [6.45, 7) is 8.83. The first-order valence-corrected chi connectivity index (χ1v) is 6.29. The molecule has 3 nitrogen and oxygen atoms in total. The minimum atomic E-state index is -0.576. The molecule has 0 bridgehead atoms. The predicted octanol–water partition coefficient (Wildman–Crippen LogP) is 0.796. The average Bonchev–Trinajstić information content (AvgIpc) is 2.65. The Morgan fingerprint density at radius 2 is 2.43 bits per heavy atom. The van der Waals surface area contributed by atoms with Crippen molar-refractivity contribution in [3.8, 4) is 0 Å². The number of imidazole rings is 1. The van der Waals surface area contributed by atoms with E-state index in [1.807, 2.05) is 13.0 Å². The summed E-state index contributed by atoms with van der Waals surface area (Å²) in [6, 6.07) is 0.409. The fraction of sp³-hybridized carbons (Fsp3) is 0.500. The number of allylic oxidation sites excluding steroid dienone is 1. The minimum absolute atomic E-state index is 0.409. The van der Waals surface area contributed by atoms with E-state index in [9.17, 15) is 0 Å². The van der Waals surface area contributed by atoms with Gasteiger partial charge < -0.3 is 4.43 Å². The van der Waals surface area contributed by atoms with Crippen LogP contribution in [0, 0.1) is 0 Å². The number of nitrogens with zero attached hydrogens (tertiary/aromatic N) is 2. The molecule has 14 heavy (non-hydrogen) atoms. The van der Waals surface area contributed by atoms with Gasteiger partial charge in [-0.15, -0.1) is 0 Å². The van der Waals surface area contributed by atoms with Crippen LogP contribution in [-0.2, 0) is 4.43 Å². The first kappa shape index (κ1) is 11.2. The molecule has 0 amide bonds. The smallest absolute Gasteiger partial charge is 0.381 e. The van der Waals surface area contributed by atoms with Gasteiger partial charge in [0.2, 0.25) is 6.33 Å². The highest BCUT2D eigenvalue weighted by atomic mass is 28.2. The molecule has 0 aliphatic carbocycles. The highest BCUT2D eigenvalue weighted by Crippen LogP contribution is 2.01. The molecule has 0 saturated heterocycles. The van der Waals surface area contributed by atoms with Crippen LogP contribution in [0.3, 0.4) is 0 Å². The molecule has 1 atom stereocenters. The second kappa shape index (κ2) is 5.77. The fourth-order valence-electron chi connectivity index (χ4n) is 1.38. The lowest BCUT2D eigenvalue weighted by atomic mass is 10.2. The fourth-order valence-corrected chi connectivity index (χ4v) is 2.21. The average molecular weight is 211 g/mol. The molecule has 0 fully saturated rings. The molecule has 4 heteroatoms. The monoisotopic (exact) mass is 211 g/mol. The van der Waals surface area contributed by atoms with Gasteiger partial charge in [0.05, 0.1) is 0 Å². The van der Waals surface area contributed by atoms with Gasteiger partial charge in [0.1, 0.15) is 18.4 Å². The molecule has 0 saturated carbocycles. The van der Waals surface area contributed by atoms with Gasteiger partial charge in [0, 0.05) is 6.61 Å². The zero-order valence-corrected chi connectivity index (χ0v) is 10.4. The summed E-state index contributed by atoms with van der Waals surface area (Å²) in [6.07, 6.45) is 9.33. The maximum Gasteiger partial charge on any atom is 0.381 e. The van der Waals surface area contributed by atoms with Crippen LogP contribution in [0.2, 0.25) is 0 Å². The van der Waals surface area contributed by atoms with E-state index in [0.29, 0.717) is 6.04 Å². The highest BCUT2D eigenvalue weighted by Gasteiger charge is 2.10. The molecular weight excluding hydrogens is 192 g/mol. The second-order valence-electron chi connectivity index (χ2n) is 3.21. The van der Waals surface area contributed by atoms with Crippen LogP contribution in [0.1, 0.15) is 26.3 Å². The molecule has 1 rings (SSSR count). The quantitative estimate of drug-likeness (QED) is 0.387. The SMILES string of the molecule is C=CC(CC)[n+]1ccn([SiH2]OCC)c1. The normalized spacial score (nSPS) is 13.6. The van der Waals surface area contributed by atoms with Gasteiger partial charge in [0.15, 0.2) is 0 Å². The van der Waals surface area contributed by atoms with Crippen LogP contribution in [0.25, 0.3) is 0 Å². The lowest BCUT2D eigenvalue weighted by Gasteiger charge is -2.03. The van der Waals surface area contributed by atoms with Gasteiger partial charge in [-0.3, -0.25) is 4.23 Å². The molecule has 1 unspecified atom stereocenters. The van der Waals surface area contributed by atoms with Crippen LogP contribution in [0.4, 0.5) is 0 Å². The van der Waals surface area contributed by atoms with Crippen LogP contribution in [0.5, 0.6) is 0 Å². The molecule has 1 heterocycles. The van der Waals surface area contributed by atoms with Gasteiger partial charge in [-0.1, -0.05) is 13.5 Å². The Morgan fingerprint density at radius 1 is 1.64 bits per heavy atom. The third-order valence-corrected chi connectivity index (χ3v) is 3.49. The van der Waals surface area contributed by atoms with Crippen molar-refractivity contribution < 1.29 is 8.99 Å². The summed E-state index contributed by atoms with van der Waals surface area (Å²) >= 11 is 0. The lowest BCUT2D eigenvalue weighted by Crippen LogP contribution is -2.36. The Hall–Kier alpha value is -0.873. The molecule has 0 aromatic carbocycles. The Morgan fingerprint density at radius 3 is 3.00 bits per heavy atom. The maximum atomic E-state index is 5.44. The summed E-state index contributed by atoms with van der Waals surface area (Å²) < 4.78 is 9.78. The standard InChI is InChI=1S/C10H19N2OSi/c1-4-10(5-2)11-7-8-12(9-11)14-13-6-3/h4,7-10H,1,5-6,14H2,2-3H3/q+1. The molecule has 0 N–H and O–H groups in total. The molecule has 0 aliphatic rings. The van der Waals surface area contributed by atoms with Crippen LogP contribution in [-0.4, -0.2) is 20.8 Å². The largest absolute Gasteiger partial charge is 0.386 e. The third kappa shape index (κ3) is 2.82. The van der Waals surface area contributed by atoms with E-state index in [1.165, 1.54) is 0 Å². The van der Waals surface area contributed by atoms with E-state index in [-0.39, 0.29) is 0 Å². The van der Waals surface area contributed by atoms with Crippen molar-refractivity contribution in [2.45, 2.75) is 26.3 Å². The first-order chi connectivity index (χ1) is 6.81. The van der Waals surface area contributed by atoms with Crippen molar-refractivity contribution >= 4 is 9.92 Å². The Bertz CT molecular complexity index is 285. The minimum Gasteiger partial charge on any atom is -0.386 e. The summed E-state index contributed by atoms with van der Waals surface area (Å²) in [4.78, 5) is 0. The lowest BCUT2D eigenvalue weighted by molar-refractivity contribution is -0.711. The van der Waals surface area contributed by atoms with Crippen LogP contribution >= 0.6 is 0 Å². The molecule has 1 aromatic heterocycles. The zero-order chi connectivity index (χ0) is 10.4. The molecular formula is C10H19N2OSi+. The van der Waals surface area contributed by atoms with Gasteiger partial charge >= 0.3 is 9.92 Å². The molecule has 1 aromatic rings.